The summed E-state index contributed by atoms with van der Waals surface area (Å²) in [7, 11) is 0. The molecule has 1 heterocycles. The first-order valence-electron chi connectivity index (χ1n) is 6.15. The van der Waals surface area contributed by atoms with E-state index in [0.29, 0.717) is 5.56 Å². The molecule has 7 nitrogen and oxygen atoms in total. The van der Waals surface area contributed by atoms with Crippen LogP contribution < -0.4 is 0 Å². The summed E-state index contributed by atoms with van der Waals surface area (Å²) in [6.07, 6.45) is 0. The zero-order valence-electron chi connectivity index (χ0n) is 11.2. The van der Waals surface area contributed by atoms with Gasteiger partial charge in [-0.15, -0.1) is 4.68 Å². The SMILES string of the molecule is CCOC(=O)c1cc([N+](=O)[O-])n(Cc2ccc(F)cc2)n1. The first-order chi connectivity index (χ1) is 10.0. The van der Waals surface area contributed by atoms with E-state index in [1.54, 1.807) is 6.92 Å². The molecule has 2 rings (SSSR count). The monoisotopic (exact) mass is 293 g/mol. The van der Waals surface area contributed by atoms with Gasteiger partial charge in [0.1, 0.15) is 12.4 Å². The zero-order chi connectivity index (χ0) is 15.4. The van der Waals surface area contributed by atoms with Crippen molar-refractivity contribution in [1.82, 2.24) is 9.78 Å². The van der Waals surface area contributed by atoms with Crippen LogP contribution in [0.4, 0.5) is 10.2 Å². The summed E-state index contributed by atoms with van der Waals surface area (Å²) >= 11 is 0. The fourth-order valence-electron chi connectivity index (χ4n) is 1.74. The smallest absolute Gasteiger partial charge is 0.361 e. The summed E-state index contributed by atoms with van der Waals surface area (Å²) in [5.74, 6) is -1.46. The van der Waals surface area contributed by atoms with E-state index >= 15 is 0 Å². The van der Waals surface area contributed by atoms with Gasteiger partial charge in [0.05, 0.1) is 12.7 Å². The highest BCUT2D eigenvalue weighted by Gasteiger charge is 2.23. The summed E-state index contributed by atoms with van der Waals surface area (Å²) in [6, 6.07) is 6.53. The lowest BCUT2D eigenvalue weighted by atomic mass is 10.2. The second kappa shape index (κ2) is 6.12. The zero-order valence-corrected chi connectivity index (χ0v) is 11.2. The van der Waals surface area contributed by atoms with E-state index in [-0.39, 0.29) is 24.7 Å². The van der Waals surface area contributed by atoms with Crippen molar-refractivity contribution in [2.45, 2.75) is 13.5 Å². The molecular weight excluding hydrogens is 281 g/mol. The van der Waals surface area contributed by atoms with Gasteiger partial charge in [-0.3, -0.25) is 0 Å². The topological polar surface area (TPSA) is 87.3 Å². The summed E-state index contributed by atoms with van der Waals surface area (Å²) in [4.78, 5) is 21.9. The Labute approximate surface area is 119 Å². The number of carbonyl (C=O) groups is 1. The minimum absolute atomic E-state index is 0.0516. The maximum Gasteiger partial charge on any atom is 0.361 e. The summed E-state index contributed by atoms with van der Waals surface area (Å²) in [5, 5.41) is 14.9. The number of aromatic nitrogens is 2. The van der Waals surface area contributed by atoms with Gasteiger partial charge in [0.25, 0.3) is 0 Å². The minimum atomic E-state index is -0.724. The molecular formula is C13H12FN3O4. The Morgan fingerprint density at radius 2 is 2.10 bits per heavy atom. The van der Waals surface area contributed by atoms with E-state index in [2.05, 4.69) is 5.10 Å². The van der Waals surface area contributed by atoms with Crippen LogP contribution in [0.25, 0.3) is 0 Å². The predicted octanol–water partition coefficient (Wildman–Crippen LogP) is 2.16. The highest BCUT2D eigenvalue weighted by Crippen LogP contribution is 2.16. The van der Waals surface area contributed by atoms with Gasteiger partial charge >= 0.3 is 11.8 Å². The highest BCUT2D eigenvalue weighted by atomic mass is 19.1. The number of hydrogen-bond donors (Lipinski definition) is 0. The van der Waals surface area contributed by atoms with Crippen molar-refractivity contribution >= 4 is 11.8 Å². The Bertz CT molecular complexity index is 667. The number of nitrogens with zero attached hydrogens (tertiary/aromatic N) is 3. The van der Waals surface area contributed by atoms with Crippen molar-refractivity contribution in [2.75, 3.05) is 6.61 Å². The molecule has 21 heavy (non-hydrogen) atoms. The molecule has 0 aliphatic carbocycles. The second-order valence-corrected chi connectivity index (χ2v) is 4.15. The van der Waals surface area contributed by atoms with Crippen molar-refractivity contribution in [1.29, 1.82) is 0 Å². The predicted molar refractivity (Wildman–Crippen MR) is 70.3 cm³/mol. The molecule has 0 aliphatic rings. The minimum Gasteiger partial charge on any atom is -0.461 e. The Balaban J connectivity index is 2.30. The van der Waals surface area contributed by atoms with Crippen LogP contribution in [-0.4, -0.2) is 27.3 Å². The number of hydrogen-bond acceptors (Lipinski definition) is 5. The van der Waals surface area contributed by atoms with Gasteiger partial charge in [-0.25, -0.2) is 9.18 Å². The Morgan fingerprint density at radius 1 is 1.43 bits per heavy atom. The molecule has 0 aliphatic heterocycles. The van der Waals surface area contributed by atoms with Gasteiger partial charge in [0, 0.05) is 0 Å². The number of rotatable bonds is 5. The Hall–Kier alpha value is -2.77. The highest BCUT2D eigenvalue weighted by molar-refractivity contribution is 5.87. The molecule has 0 fully saturated rings. The lowest BCUT2D eigenvalue weighted by Crippen LogP contribution is -2.09. The van der Waals surface area contributed by atoms with E-state index in [0.717, 1.165) is 10.7 Å². The molecule has 110 valence electrons. The van der Waals surface area contributed by atoms with Crippen molar-refractivity contribution in [3.05, 3.63) is 57.5 Å². The van der Waals surface area contributed by atoms with Crippen LogP contribution in [0.2, 0.25) is 0 Å². The van der Waals surface area contributed by atoms with Gasteiger partial charge in [0.15, 0.2) is 5.69 Å². The van der Waals surface area contributed by atoms with Gasteiger partial charge in [0.2, 0.25) is 0 Å². The molecule has 8 heteroatoms. The number of nitro groups is 1. The lowest BCUT2D eigenvalue weighted by molar-refractivity contribution is -0.392. The average Bonchev–Trinajstić information content (AvgIpc) is 2.86. The molecule has 0 radical (unpaired) electrons. The second-order valence-electron chi connectivity index (χ2n) is 4.15. The maximum absolute atomic E-state index is 12.8. The summed E-state index contributed by atoms with van der Waals surface area (Å²) in [6.45, 7) is 1.83. The molecule has 2 aromatic rings. The quantitative estimate of drug-likeness (QED) is 0.479. The molecule has 1 aromatic heterocycles. The molecule has 0 amide bonds. The Morgan fingerprint density at radius 3 is 2.67 bits per heavy atom. The van der Waals surface area contributed by atoms with E-state index < -0.39 is 16.7 Å². The summed E-state index contributed by atoms with van der Waals surface area (Å²) < 4.78 is 18.7. The molecule has 1 aromatic carbocycles. The standard InChI is InChI=1S/C13H12FN3O4/c1-2-21-13(18)11-7-12(17(19)20)16(15-11)8-9-3-5-10(14)6-4-9/h3-7H,2,8H2,1H3. The van der Waals surface area contributed by atoms with Crippen molar-refractivity contribution in [3.8, 4) is 0 Å². The third-order valence-corrected chi connectivity index (χ3v) is 2.68. The van der Waals surface area contributed by atoms with Crippen LogP contribution in [-0.2, 0) is 11.3 Å². The van der Waals surface area contributed by atoms with Crippen LogP contribution in [0.3, 0.4) is 0 Å². The van der Waals surface area contributed by atoms with Crippen LogP contribution in [0.15, 0.2) is 30.3 Å². The normalized spacial score (nSPS) is 10.4. The van der Waals surface area contributed by atoms with Crippen LogP contribution in [0.5, 0.6) is 0 Å². The fraction of sp³-hybridized carbons (Fsp3) is 0.231. The summed E-state index contributed by atoms with van der Waals surface area (Å²) in [5.41, 5.74) is 0.490. The average molecular weight is 293 g/mol. The number of halogens is 1. The van der Waals surface area contributed by atoms with Gasteiger partial charge in [-0.1, -0.05) is 17.2 Å². The molecule has 0 saturated carbocycles. The first kappa shape index (κ1) is 14.6. The van der Waals surface area contributed by atoms with Crippen molar-refractivity contribution in [2.24, 2.45) is 0 Å². The number of carbonyl (C=O) groups excluding carboxylic acids is 1. The number of esters is 1. The van der Waals surface area contributed by atoms with Gasteiger partial charge in [-0.2, -0.15) is 0 Å². The van der Waals surface area contributed by atoms with Gasteiger partial charge < -0.3 is 14.9 Å². The largest absolute Gasteiger partial charge is 0.461 e. The van der Waals surface area contributed by atoms with Gasteiger partial charge in [-0.05, 0) is 29.5 Å². The molecule has 0 bridgehead atoms. The van der Waals surface area contributed by atoms with E-state index in [9.17, 15) is 19.3 Å². The van der Waals surface area contributed by atoms with Crippen molar-refractivity contribution < 1.29 is 18.8 Å². The molecule has 0 atom stereocenters. The molecule has 0 saturated heterocycles. The number of ether oxygens (including phenoxy) is 1. The van der Waals surface area contributed by atoms with E-state index in [1.165, 1.54) is 24.3 Å². The lowest BCUT2D eigenvalue weighted by Gasteiger charge is -2.00. The van der Waals surface area contributed by atoms with Crippen molar-refractivity contribution in [3.63, 3.8) is 0 Å². The van der Waals surface area contributed by atoms with E-state index in [1.807, 2.05) is 0 Å². The third kappa shape index (κ3) is 3.41. The number of benzene rings is 1. The van der Waals surface area contributed by atoms with Crippen LogP contribution in [0, 0.1) is 15.9 Å². The molecule has 0 unspecified atom stereocenters. The Kier molecular flexibility index (Phi) is 4.27. The third-order valence-electron chi connectivity index (χ3n) is 2.68. The molecule has 0 N–H and O–H groups in total. The van der Waals surface area contributed by atoms with E-state index in [4.69, 9.17) is 4.74 Å². The van der Waals surface area contributed by atoms with Crippen LogP contribution in [0.1, 0.15) is 23.0 Å². The maximum atomic E-state index is 12.8. The van der Waals surface area contributed by atoms with Crippen LogP contribution >= 0.6 is 0 Å². The fourth-order valence-corrected chi connectivity index (χ4v) is 1.74. The first-order valence-corrected chi connectivity index (χ1v) is 6.15. The molecule has 0 spiro atoms.